The maximum Gasteiger partial charge on any atom is 0.0594 e. The zero-order valence-corrected chi connectivity index (χ0v) is 6.89. The third kappa shape index (κ3) is 2.27. The predicted octanol–water partition coefficient (Wildman–Crippen LogP) is 1.02. The summed E-state index contributed by atoms with van der Waals surface area (Å²) in [6.07, 6.45) is 3.11. The minimum Gasteiger partial charge on any atom is -0.377 e. The van der Waals surface area contributed by atoms with Crippen LogP contribution in [0.5, 0.6) is 0 Å². The smallest absolute Gasteiger partial charge is 0.0594 e. The van der Waals surface area contributed by atoms with Crippen molar-refractivity contribution >= 4 is 0 Å². The molecule has 0 aromatic carbocycles. The van der Waals surface area contributed by atoms with Gasteiger partial charge in [0.1, 0.15) is 0 Å². The minimum atomic E-state index is 0.573. The van der Waals surface area contributed by atoms with Crippen LogP contribution in [0.2, 0.25) is 0 Å². The van der Waals surface area contributed by atoms with E-state index in [1.165, 1.54) is 12.8 Å². The molecular weight excluding hydrogens is 126 g/mol. The Kier molecular flexibility index (Phi) is 3.16. The molecule has 0 aromatic heterocycles. The van der Waals surface area contributed by atoms with E-state index in [0.29, 0.717) is 6.10 Å². The molecular formula is C8H17NO. The third-order valence-electron chi connectivity index (χ3n) is 2.04. The van der Waals surface area contributed by atoms with Crippen molar-refractivity contribution in [3.63, 3.8) is 0 Å². The molecule has 1 saturated carbocycles. The Hall–Kier alpha value is -0.0800. The summed E-state index contributed by atoms with van der Waals surface area (Å²) in [7, 11) is 1.95. The van der Waals surface area contributed by atoms with Gasteiger partial charge in [-0.25, -0.2) is 0 Å². The van der Waals surface area contributed by atoms with Crippen LogP contribution in [0.1, 0.15) is 19.8 Å². The van der Waals surface area contributed by atoms with Gasteiger partial charge in [-0.15, -0.1) is 0 Å². The van der Waals surface area contributed by atoms with E-state index in [-0.39, 0.29) is 0 Å². The summed E-state index contributed by atoms with van der Waals surface area (Å²) >= 11 is 0. The van der Waals surface area contributed by atoms with Gasteiger partial charge in [-0.2, -0.15) is 0 Å². The van der Waals surface area contributed by atoms with Crippen LogP contribution in [0.25, 0.3) is 0 Å². The largest absolute Gasteiger partial charge is 0.377 e. The summed E-state index contributed by atoms with van der Waals surface area (Å²) in [5.74, 6) is 0.902. The van der Waals surface area contributed by atoms with Gasteiger partial charge in [0.05, 0.1) is 12.7 Å². The number of hydrogen-bond donors (Lipinski definition) is 1. The van der Waals surface area contributed by atoms with Gasteiger partial charge in [-0.3, -0.25) is 0 Å². The van der Waals surface area contributed by atoms with Crippen molar-refractivity contribution < 1.29 is 4.74 Å². The fourth-order valence-electron chi connectivity index (χ4n) is 1.29. The normalized spacial score (nSPS) is 31.8. The molecule has 0 atom stereocenters. The first-order valence-electron chi connectivity index (χ1n) is 4.09. The second-order valence-corrected chi connectivity index (χ2v) is 3.17. The van der Waals surface area contributed by atoms with Crippen molar-refractivity contribution in [3.8, 4) is 0 Å². The van der Waals surface area contributed by atoms with E-state index in [4.69, 9.17) is 4.74 Å². The van der Waals surface area contributed by atoms with Crippen LogP contribution in [-0.4, -0.2) is 26.3 Å². The molecule has 1 N–H and O–H groups in total. The molecule has 1 aliphatic rings. The summed E-state index contributed by atoms with van der Waals surface area (Å²) in [6, 6.07) is 0. The molecule has 0 aliphatic heterocycles. The van der Waals surface area contributed by atoms with Crippen LogP contribution in [-0.2, 0) is 4.74 Å². The lowest BCUT2D eigenvalue weighted by molar-refractivity contribution is -0.0231. The Morgan fingerprint density at radius 1 is 1.50 bits per heavy atom. The minimum absolute atomic E-state index is 0.573. The summed E-state index contributed by atoms with van der Waals surface area (Å²) < 4.78 is 5.53. The van der Waals surface area contributed by atoms with Gasteiger partial charge in [0.15, 0.2) is 0 Å². The summed E-state index contributed by atoms with van der Waals surface area (Å²) in [6.45, 7) is 4.12. The van der Waals surface area contributed by atoms with Crippen LogP contribution in [0.4, 0.5) is 0 Å². The number of hydrogen-bond acceptors (Lipinski definition) is 2. The standard InChI is InChI=1S/C8H17NO/c1-7-5-8(6-7)10-4-3-9-2/h7-9H,3-6H2,1-2H3. The van der Waals surface area contributed by atoms with Crippen LogP contribution in [0.3, 0.4) is 0 Å². The monoisotopic (exact) mass is 143 g/mol. The molecule has 1 fully saturated rings. The van der Waals surface area contributed by atoms with Crippen molar-refractivity contribution in [2.45, 2.75) is 25.9 Å². The van der Waals surface area contributed by atoms with Crippen molar-refractivity contribution in [1.82, 2.24) is 5.32 Å². The summed E-state index contributed by atoms with van der Waals surface area (Å²) in [5.41, 5.74) is 0. The van der Waals surface area contributed by atoms with Gasteiger partial charge < -0.3 is 10.1 Å². The molecule has 0 unspecified atom stereocenters. The van der Waals surface area contributed by atoms with Gasteiger partial charge in [-0.1, -0.05) is 6.92 Å². The Morgan fingerprint density at radius 2 is 2.20 bits per heavy atom. The van der Waals surface area contributed by atoms with E-state index in [2.05, 4.69) is 12.2 Å². The summed E-state index contributed by atoms with van der Waals surface area (Å²) in [4.78, 5) is 0. The van der Waals surface area contributed by atoms with Crippen LogP contribution in [0.15, 0.2) is 0 Å². The van der Waals surface area contributed by atoms with Crippen molar-refractivity contribution in [1.29, 1.82) is 0 Å². The van der Waals surface area contributed by atoms with Crippen LogP contribution >= 0.6 is 0 Å². The molecule has 0 spiro atoms. The molecule has 0 amide bonds. The first-order valence-corrected chi connectivity index (χ1v) is 4.09. The highest BCUT2D eigenvalue weighted by atomic mass is 16.5. The maximum absolute atomic E-state index is 5.53. The lowest BCUT2D eigenvalue weighted by Crippen LogP contribution is -2.31. The molecule has 1 aliphatic carbocycles. The van der Waals surface area contributed by atoms with Crippen molar-refractivity contribution in [2.75, 3.05) is 20.2 Å². The highest BCUT2D eigenvalue weighted by molar-refractivity contribution is 4.76. The predicted molar refractivity (Wildman–Crippen MR) is 42.1 cm³/mol. The SMILES string of the molecule is CNCCOC1CC(C)C1. The Morgan fingerprint density at radius 3 is 2.70 bits per heavy atom. The van der Waals surface area contributed by atoms with Gasteiger partial charge in [0.25, 0.3) is 0 Å². The first kappa shape index (κ1) is 8.02. The van der Waals surface area contributed by atoms with E-state index in [0.717, 1.165) is 19.1 Å². The van der Waals surface area contributed by atoms with E-state index in [1.807, 2.05) is 7.05 Å². The molecule has 10 heavy (non-hydrogen) atoms. The average molecular weight is 143 g/mol. The molecule has 0 saturated heterocycles. The Bertz CT molecular complexity index is 89.3. The summed E-state index contributed by atoms with van der Waals surface area (Å²) in [5, 5.41) is 3.06. The van der Waals surface area contributed by atoms with Crippen LogP contribution in [0, 0.1) is 5.92 Å². The quantitative estimate of drug-likeness (QED) is 0.593. The number of likely N-dealkylation sites (N-methyl/N-ethyl adjacent to an activating group) is 1. The average Bonchev–Trinajstić information content (AvgIpc) is 1.85. The van der Waals surface area contributed by atoms with E-state index in [9.17, 15) is 0 Å². The van der Waals surface area contributed by atoms with Crippen molar-refractivity contribution in [2.24, 2.45) is 5.92 Å². The zero-order valence-electron chi connectivity index (χ0n) is 6.89. The fraction of sp³-hybridized carbons (Fsp3) is 1.00. The molecule has 0 radical (unpaired) electrons. The van der Waals surface area contributed by atoms with Gasteiger partial charge in [-0.05, 0) is 25.8 Å². The molecule has 0 aromatic rings. The third-order valence-corrected chi connectivity index (χ3v) is 2.04. The van der Waals surface area contributed by atoms with E-state index in [1.54, 1.807) is 0 Å². The number of nitrogens with one attached hydrogen (secondary N) is 1. The second kappa shape index (κ2) is 3.94. The van der Waals surface area contributed by atoms with Gasteiger partial charge in [0, 0.05) is 6.54 Å². The fourth-order valence-corrected chi connectivity index (χ4v) is 1.29. The molecule has 2 nitrogen and oxygen atoms in total. The number of ether oxygens (including phenoxy) is 1. The highest BCUT2D eigenvalue weighted by Crippen LogP contribution is 2.28. The maximum atomic E-state index is 5.53. The second-order valence-electron chi connectivity index (χ2n) is 3.17. The van der Waals surface area contributed by atoms with E-state index < -0.39 is 0 Å². The molecule has 2 heteroatoms. The lowest BCUT2D eigenvalue weighted by atomic mass is 9.84. The first-order chi connectivity index (χ1) is 4.83. The Labute approximate surface area is 63.0 Å². The van der Waals surface area contributed by atoms with E-state index >= 15 is 0 Å². The highest BCUT2D eigenvalue weighted by Gasteiger charge is 2.25. The van der Waals surface area contributed by atoms with Crippen LogP contribution < -0.4 is 5.32 Å². The Balaban J connectivity index is 1.86. The van der Waals surface area contributed by atoms with Gasteiger partial charge >= 0.3 is 0 Å². The molecule has 60 valence electrons. The molecule has 0 heterocycles. The van der Waals surface area contributed by atoms with Crippen molar-refractivity contribution in [3.05, 3.63) is 0 Å². The zero-order chi connectivity index (χ0) is 7.40. The number of rotatable bonds is 4. The lowest BCUT2D eigenvalue weighted by Gasteiger charge is -2.32. The molecule has 1 rings (SSSR count). The molecule has 0 bridgehead atoms. The topological polar surface area (TPSA) is 21.3 Å². The van der Waals surface area contributed by atoms with Gasteiger partial charge in [0.2, 0.25) is 0 Å².